The summed E-state index contributed by atoms with van der Waals surface area (Å²) in [6.45, 7) is 6.18. The first-order valence-corrected chi connectivity index (χ1v) is 5.88. The van der Waals surface area contributed by atoms with E-state index in [1.54, 1.807) is 6.07 Å². The molecule has 5 nitrogen and oxygen atoms in total. The van der Waals surface area contributed by atoms with Gasteiger partial charge >= 0.3 is 0 Å². The van der Waals surface area contributed by atoms with Crippen molar-refractivity contribution in [2.24, 2.45) is 11.1 Å². The minimum absolute atomic E-state index is 0.159. The first-order chi connectivity index (χ1) is 8.32. The Morgan fingerprint density at radius 1 is 1.28 bits per heavy atom. The molecule has 0 saturated heterocycles. The second-order valence-electron chi connectivity index (χ2n) is 5.61. The lowest BCUT2D eigenvalue weighted by Gasteiger charge is -2.29. The molecule has 0 spiro atoms. The highest BCUT2D eigenvalue weighted by Gasteiger charge is 2.37. The highest BCUT2D eigenvalue weighted by Crippen LogP contribution is 2.24. The van der Waals surface area contributed by atoms with E-state index in [0.29, 0.717) is 11.1 Å². The number of amides is 2. The maximum absolute atomic E-state index is 12.1. The van der Waals surface area contributed by atoms with E-state index in [1.165, 1.54) is 17.3 Å². The quantitative estimate of drug-likeness (QED) is 0.792. The smallest absolute Gasteiger partial charge is 0.263 e. The van der Waals surface area contributed by atoms with Crippen molar-refractivity contribution in [3.63, 3.8) is 0 Å². The zero-order valence-electron chi connectivity index (χ0n) is 10.8. The number of pyridine rings is 1. The maximum Gasteiger partial charge on any atom is 0.263 e. The molecule has 0 unspecified atom stereocenters. The fourth-order valence-electron chi connectivity index (χ4n) is 1.77. The van der Waals surface area contributed by atoms with Gasteiger partial charge in [-0.3, -0.25) is 19.5 Å². The molecule has 1 aromatic rings. The molecule has 0 fully saturated rings. The molecule has 2 amide bonds. The molecule has 2 rings (SSSR count). The van der Waals surface area contributed by atoms with Crippen LogP contribution in [0.3, 0.4) is 0 Å². The summed E-state index contributed by atoms with van der Waals surface area (Å²) in [7, 11) is 0. The molecule has 2 heterocycles. The van der Waals surface area contributed by atoms with Gasteiger partial charge in [-0.2, -0.15) is 0 Å². The van der Waals surface area contributed by atoms with Gasteiger partial charge in [0.2, 0.25) is 0 Å². The normalized spacial score (nSPS) is 17.0. The number of hydrogen-bond donors (Lipinski definition) is 1. The Morgan fingerprint density at radius 2 is 1.89 bits per heavy atom. The van der Waals surface area contributed by atoms with Crippen molar-refractivity contribution >= 4 is 11.8 Å². The molecule has 1 aliphatic heterocycles. The van der Waals surface area contributed by atoms with E-state index in [-0.39, 0.29) is 29.8 Å². The van der Waals surface area contributed by atoms with E-state index < -0.39 is 0 Å². The van der Waals surface area contributed by atoms with Gasteiger partial charge in [0.25, 0.3) is 11.8 Å². The predicted molar refractivity (Wildman–Crippen MR) is 67.0 cm³/mol. The standard InChI is InChI=1S/C13H17N3O2/c1-13(2,3)10(14)7-16-11(17)8-4-5-15-6-9(8)12(16)18/h4-6,10H,7,14H2,1-3H3/t10-/m1/s1. The molecule has 2 N–H and O–H groups in total. The molecule has 18 heavy (non-hydrogen) atoms. The number of imide groups is 1. The van der Waals surface area contributed by atoms with Crippen molar-refractivity contribution in [2.75, 3.05) is 6.54 Å². The molecule has 1 aliphatic rings. The van der Waals surface area contributed by atoms with Crippen molar-refractivity contribution in [1.29, 1.82) is 0 Å². The fraction of sp³-hybridized carbons (Fsp3) is 0.462. The van der Waals surface area contributed by atoms with E-state index in [4.69, 9.17) is 5.73 Å². The van der Waals surface area contributed by atoms with Gasteiger partial charge in [0.15, 0.2) is 0 Å². The lowest BCUT2D eigenvalue weighted by molar-refractivity contribution is 0.0623. The highest BCUT2D eigenvalue weighted by atomic mass is 16.2. The number of carbonyl (C=O) groups excluding carboxylic acids is 2. The Labute approximate surface area is 106 Å². The summed E-state index contributed by atoms with van der Waals surface area (Å²) < 4.78 is 0. The van der Waals surface area contributed by atoms with Crippen molar-refractivity contribution in [3.8, 4) is 0 Å². The van der Waals surface area contributed by atoms with Crippen molar-refractivity contribution in [3.05, 3.63) is 29.6 Å². The molecule has 96 valence electrons. The van der Waals surface area contributed by atoms with Crippen LogP contribution in [0.15, 0.2) is 18.5 Å². The minimum atomic E-state index is -0.303. The number of rotatable bonds is 2. The van der Waals surface area contributed by atoms with Crippen molar-refractivity contribution in [2.45, 2.75) is 26.8 Å². The Balaban J connectivity index is 2.24. The van der Waals surface area contributed by atoms with Crippen molar-refractivity contribution in [1.82, 2.24) is 9.88 Å². The topological polar surface area (TPSA) is 76.3 Å². The first kappa shape index (κ1) is 12.7. The number of nitrogens with zero attached hydrogens (tertiary/aromatic N) is 2. The van der Waals surface area contributed by atoms with Crippen LogP contribution in [0.1, 0.15) is 41.5 Å². The zero-order chi connectivity index (χ0) is 13.5. The third-order valence-corrected chi connectivity index (χ3v) is 3.26. The molecule has 0 aliphatic carbocycles. The van der Waals surface area contributed by atoms with Crippen LogP contribution in [-0.2, 0) is 0 Å². The molecule has 5 heteroatoms. The van der Waals surface area contributed by atoms with Gasteiger partial charge in [0, 0.05) is 25.0 Å². The lowest BCUT2D eigenvalue weighted by Crippen LogP contribution is -2.47. The van der Waals surface area contributed by atoms with Crippen LogP contribution in [-0.4, -0.2) is 34.3 Å². The van der Waals surface area contributed by atoms with Gasteiger partial charge in [-0.15, -0.1) is 0 Å². The molecule has 0 saturated carbocycles. The van der Waals surface area contributed by atoms with Gasteiger partial charge in [-0.25, -0.2) is 0 Å². The van der Waals surface area contributed by atoms with E-state index in [1.807, 2.05) is 20.8 Å². The summed E-state index contributed by atoms with van der Waals surface area (Å²) in [6.07, 6.45) is 2.94. The average molecular weight is 247 g/mol. The molecular weight excluding hydrogens is 230 g/mol. The van der Waals surface area contributed by atoms with Crippen molar-refractivity contribution < 1.29 is 9.59 Å². The number of hydrogen-bond acceptors (Lipinski definition) is 4. The molecule has 0 aromatic carbocycles. The molecular formula is C13H17N3O2. The first-order valence-electron chi connectivity index (χ1n) is 5.88. The van der Waals surface area contributed by atoms with Gasteiger partial charge in [-0.1, -0.05) is 20.8 Å². The molecule has 0 radical (unpaired) electrons. The van der Waals surface area contributed by atoms with Crippen LogP contribution in [0.4, 0.5) is 0 Å². The largest absolute Gasteiger partial charge is 0.326 e. The highest BCUT2D eigenvalue weighted by molar-refractivity contribution is 6.21. The number of carbonyl (C=O) groups is 2. The van der Waals surface area contributed by atoms with Crippen LogP contribution >= 0.6 is 0 Å². The van der Waals surface area contributed by atoms with E-state index >= 15 is 0 Å². The third kappa shape index (κ3) is 2.01. The zero-order valence-corrected chi connectivity index (χ0v) is 10.8. The molecule has 1 aromatic heterocycles. The van der Waals surface area contributed by atoms with Gasteiger partial charge < -0.3 is 5.73 Å². The summed E-state index contributed by atoms with van der Waals surface area (Å²) >= 11 is 0. The van der Waals surface area contributed by atoms with E-state index in [2.05, 4.69) is 4.98 Å². The van der Waals surface area contributed by atoms with Gasteiger partial charge in [0.1, 0.15) is 0 Å². The fourth-order valence-corrected chi connectivity index (χ4v) is 1.77. The predicted octanol–water partition coefficient (Wildman–Crippen LogP) is 1.05. The summed E-state index contributed by atoms with van der Waals surface area (Å²) in [5.74, 6) is -0.583. The average Bonchev–Trinajstić information content (AvgIpc) is 2.54. The number of nitrogens with two attached hydrogens (primary N) is 1. The van der Waals surface area contributed by atoms with Crippen LogP contribution in [0, 0.1) is 5.41 Å². The van der Waals surface area contributed by atoms with Crippen LogP contribution in [0.25, 0.3) is 0 Å². The second-order valence-corrected chi connectivity index (χ2v) is 5.61. The summed E-state index contributed by atoms with van der Waals surface area (Å²) in [4.78, 5) is 29.3. The summed E-state index contributed by atoms with van der Waals surface area (Å²) in [5, 5.41) is 0. The Morgan fingerprint density at radius 3 is 2.44 bits per heavy atom. The Bertz CT molecular complexity index is 470. The van der Waals surface area contributed by atoms with Crippen LogP contribution in [0.5, 0.6) is 0 Å². The maximum atomic E-state index is 12.1. The van der Waals surface area contributed by atoms with Gasteiger partial charge in [0.05, 0.1) is 11.1 Å². The number of aromatic nitrogens is 1. The molecule has 1 atom stereocenters. The second kappa shape index (κ2) is 4.17. The van der Waals surface area contributed by atoms with Crippen LogP contribution < -0.4 is 5.73 Å². The summed E-state index contributed by atoms with van der Waals surface area (Å²) in [6, 6.07) is 1.31. The number of fused-ring (bicyclic) bond motifs is 1. The SMILES string of the molecule is CC(C)(C)[C@H](N)CN1C(=O)c2ccncc2C1=O. The molecule has 0 bridgehead atoms. The Kier molecular flexibility index (Phi) is 2.94. The van der Waals surface area contributed by atoms with E-state index in [9.17, 15) is 9.59 Å². The van der Waals surface area contributed by atoms with E-state index in [0.717, 1.165) is 0 Å². The minimum Gasteiger partial charge on any atom is -0.326 e. The third-order valence-electron chi connectivity index (χ3n) is 3.26. The monoisotopic (exact) mass is 247 g/mol. The van der Waals surface area contributed by atoms with Crippen LogP contribution in [0.2, 0.25) is 0 Å². The Hall–Kier alpha value is -1.75. The summed E-state index contributed by atoms with van der Waals surface area (Å²) in [5.41, 5.74) is 6.65. The lowest BCUT2D eigenvalue weighted by atomic mass is 9.87. The van der Waals surface area contributed by atoms with Gasteiger partial charge in [-0.05, 0) is 11.5 Å².